The summed E-state index contributed by atoms with van der Waals surface area (Å²) in [5.41, 5.74) is 4.55. The molecule has 2 aromatic rings. The summed E-state index contributed by atoms with van der Waals surface area (Å²) < 4.78 is 0. The van der Waals surface area contributed by atoms with Crippen LogP contribution in [0.1, 0.15) is 43.6 Å². The lowest BCUT2D eigenvalue weighted by molar-refractivity contribution is 0.134. The molecule has 21 heavy (non-hydrogen) atoms. The summed E-state index contributed by atoms with van der Waals surface area (Å²) >= 11 is 0. The molecule has 0 unspecified atom stereocenters. The molecule has 1 heterocycles. The number of para-hydroxylation sites is 1. The first-order valence-corrected chi connectivity index (χ1v) is 7.90. The maximum atomic E-state index is 9.88. The highest BCUT2D eigenvalue weighted by atomic mass is 16.3. The molecule has 2 rings (SSSR count). The van der Waals surface area contributed by atoms with Crippen molar-refractivity contribution in [2.45, 2.75) is 40.2 Å². The third-order valence-corrected chi connectivity index (χ3v) is 4.29. The van der Waals surface area contributed by atoms with Gasteiger partial charge in [0.2, 0.25) is 0 Å². The Morgan fingerprint density at radius 3 is 2.48 bits per heavy atom. The molecule has 1 aromatic heterocycles. The van der Waals surface area contributed by atoms with Crippen LogP contribution in [-0.4, -0.2) is 34.7 Å². The van der Waals surface area contributed by atoms with Crippen molar-refractivity contribution in [3.8, 4) is 0 Å². The van der Waals surface area contributed by atoms with E-state index in [-0.39, 0.29) is 12.6 Å². The Morgan fingerprint density at radius 2 is 1.90 bits per heavy atom. The van der Waals surface area contributed by atoms with Gasteiger partial charge in [0.15, 0.2) is 0 Å². The molecular weight excluding hydrogens is 260 g/mol. The van der Waals surface area contributed by atoms with Gasteiger partial charge in [0.05, 0.1) is 18.2 Å². The predicted molar refractivity (Wildman–Crippen MR) is 88.6 cm³/mol. The molecule has 3 nitrogen and oxygen atoms in total. The summed E-state index contributed by atoms with van der Waals surface area (Å²) in [6.45, 7) is 10.5. The van der Waals surface area contributed by atoms with Gasteiger partial charge < -0.3 is 5.11 Å². The number of nitrogens with zero attached hydrogens (tertiary/aromatic N) is 2. The molecule has 114 valence electrons. The predicted octanol–water partition coefficient (Wildman–Crippen LogP) is 3.48. The zero-order valence-corrected chi connectivity index (χ0v) is 13.6. The minimum atomic E-state index is 0.0172. The first-order valence-electron chi connectivity index (χ1n) is 7.90. The first kappa shape index (κ1) is 15.9. The number of hydrogen-bond donors (Lipinski definition) is 1. The number of aryl methyl sites for hydroxylation is 2. The molecule has 0 bridgehead atoms. The van der Waals surface area contributed by atoms with E-state index >= 15 is 0 Å². The summed E-state index contributed by atoms with van der Waals surface area (Å²) in [4.78, 5) is 7.15. The number of likely N-dealkylation sites (N-methyl/N-ethyl adjacent to an activating group) is 1. The fourth-order valence-corrected chi connectivity index (χ4v) is 3.07. The summed E-state index contributed by atoms with van der Waals surface area (Å²) in [7, 11) is 0. The second kappa shape index (κ2) is 7.01. The second-order valence-electron chi connectivity index (χ2n) is 5.44. The fourth-order valence-electron chi connectivity index (χ4n) is 3.07. The minimum Gasteiger partial charge on any atom is -0.394 e. The third kappa shape index (κ3) is 3.09. The van der Waals surface area contributed by atoms with Crippen molar-refractivity contribution in [1.29, 1.82) is 0 Å². The highest BCUT2D eigenvalue weighted by molar-refractivity contribution is 5.83. The van der Waals surface area contributed by atoms with Gasteiger partial charge in [-0.05, 0) is 43.6 Å². The monoisotopic (exact) mass is 286 g/mol. The van der Waals surface area contributed by atoms with Gasteiger partial charge in [0.1, 0.15) is 0 Å². The Morgan fingerprint density at radius 1 is 1.19 bits per heavy atom. The smallest absolute Gasteiger partial charge is 0.0754 e. The van der Waals surface area contributed by atoms with Crippen LogP contribution in [-0.2, 0) is 6.42 Å². The summed E-state index contributed by atoms with van der Waals surface area (Å²) in [5, 5.41) is 11.0. The molecule has 1 atom stereocenters. The molecule has 0 fully saturated rings. The zero-order valence-electron chi connectivity index (χ0n) is 13.6. The fraction of sp³-hybridized carbons (Fsp3) is 0.500. The van der Waals surface area contributed by atoms with Gasteiger partial charge in [-0.15, -0.1) is 0 Å². The number of rotatable bonds is 6. The van der Waals surface area contributed by atoms with E-state index in [1.807, 2.05) is 0 Å². The Bertz CT molecular complexity index is 605. The van der Waals surface area contributed by atoms with Crippen molar-refractivity contribution >= 4 is 10.9 Å². The Hall–Kier alpha value is -1.45. The zero-order chi connectivity index (χ0) is 15.4. The lowest BCUT2D eigenvalue weighted by atomic mass is 10.00. The summed E-state index contributed by atoms with van der Waals surface area (Å²) in [5.74, 6) is 0. The van der Waals surface area contributed by atoms with E-state index in [1.54, 1.807) is 0 Å². The average Bonchev–Trinajstić information content (AvgIpc) is 2.51. The van der Waals surface area contributed by atoms with Crippen molar-refractivity contribution in [3.63, 3.8) is 0 Å². The summed E-state index contributed by atoms with van der Waals surface area (Å²) in [6.07, 6.45) is 0.936. The van der Waals surface area contributed by atoms with E-state index in [9.17, 15) is 5.11 Å². The molecule has 1 aromatic carbocycles. The Kier molecular flexibility index (Phi) is 5.32. The van der Waals surface area contributed by atoms with Crippen LogP contribution in [0.15, 0.2) is 24.3 Å². The van der Waals surface area contributed by atoms with Gasteiger partial charge in [-0.2, -0.15) is 0 Å². The number of aliphatic hydroxyl groups excluding tert-OH is 1. The topological polar surface area (TPSA) is 36.4 Å². The SMILES string of the molecule is CCc1nc2c([C@H](CO)N(CC)CC)cccc2cc1C. The molecule has 0 radical (unpaired) electrons. The van der Waals surface area contributed by atoms with Crippen LogP contribution < -0.4 is 0 Å². The highest BCUT2D eigenvalue weighted by Gasteiger charge is 2.20. The van der Waals surface area contributed by atoms with Crippen LogP contribution in [0.25, 0.3) is 10.9 Å². The molecule has 0 amide bonds. The van der Waals surface area contributed by atoms with E-state index in [4.69, 9.17) is 4.98 Å². The maximum absolute atomic E-state index is 9.88. The van der Waals surface area contributed by atoms with Crippen LogP contribution in [0.5, 0.6) is 0 Å². The standard InChI is InChI=1S/C18H26N2O/c1-5-16-13(4)11-14-9-8-10-15(18(14)19-16)17(12-21)20(6-2)7-3/h8-11,17,21H,5-7,12H2,1-4H3/t17-/m0/s1. The molecule has 3 heteroatoms. The quantitative estimate of drug-likeness (QED) is 0.883. The van der Waals surface area contributed by atoms with Crippen molar-refractivity contribution in [2.75, 3.05) is 19.7 Å². The molecular formula is C18H26N2O. The molecule has 0 aliphatic rings. The second-order valence-corrected chi connectivity index (χ2v) is 5.44. The van der Waals surface area contributed by atoms with Gasteiger partial charge in [-0.3, -0.25) is 9.88 Å². The Labute approximate surface area is 127 Å². The number of pyridine rings is 1. The maximum Gasteiger partial charge on any atom is 0.0754 e. The van der Waals surface area contributed by atoms with Gasteiger partial charge >= 0.3 is 0 Å². The van der Waals surface area contributed by atoms with Crippen LogP contribution in [0.4, 0.5) is 0 Å². The van der Waals surface area contributed by atoms with Crippen LogP contribution in [0, 0.1) is 6.92 Å². The van der Waals surface area contributed by atoms with Crippen LogP contribution in [0.3, 0.4) is 0 Å². The van der Waals surface area contributed by atoms with Crippen molar-refractivity contribution in [1.82, 2.24) is 9.88 Å². The van der Waals surface area contributed by atoms with E-state index in [0.717, 1.165) is 41.7 Å². The first-order chi connectivity index (χ1) is 10.2. The molecule has 0 spiro atoms. The number of hydrogen-bond acceptors (Lipinski definition) is 3. The summed E-state index contributed by atoms with van der Waals surface area (Å²) in [6, 6.07) is 8.50. The Balaban J connectivity index is 2.62. The van der Waals surface area contributed by atoms with Crippen LogP contribution in [0.2, 0.25) is 0 Å². The normalized spacial score (nSPS) is 13.0. The number of benzene rings is 1. The van der Waals surface area contributed by atoms with E-state index < -0.39 is 0 Å². The van der Waals surface area contributed by atoms with Crippen LogP contribution >= 0.6 is 0 Å². The number of aromatic nitrogens is 1. The minimum absolute atomic E-state index is 0.0172. The highest BCUT2D eigenvalue weighted by Crippen LogP contribution is 2.28. The lowest BCUT2D eigenvalue weighted by Gasteiger charge is -2.29. The molecule has 0 saturated carbocycles. The number of fused-ring (bicyclic) bond motifs is 1. The lowest BCUT2D eigenvalue weighted by Crippen LogP contribution is -2.31. The van der Waals surface area contributed by atoms with E-state index in [2.05, 4.69) is 56.9 Å². The molecule has 0 aliphatic carbocycles. The largest absolute Gasteiger partial charge is 0.394 e. The van der Waals surface area contributed by atoms with E-state index in [0.29, 0.717) is 0 Å². The van der Waals surface area contributed by atoms with Gasteiger partial charge in [-0.1, -0.05) is 39.0 Å². The van der Waals surface area contributed by atoms with Gasteiger partial charge in [-0.25, -0.2) is 0 Å². The number of aliphatic hydroxyl groups is 1. The third-order valence-electron chi connectivity index (χ3n) is 4.29. The van der Waals surface area contributed by atoms with Crippen molar-refractivity contribution in [3.05, 3.63) is 41.1 Å². The van der Waals surface area contributed by atoms with E-state index in [1.165, 1.54) is 5.56 Å². The van der Waals surface area contributed by atoms with Gasteiger partial charge in [0, 0.05) is 11.1 Å². The van der Waals surface area contributed by atoms with Crippen molar-refractivity contribution in [2.24, 2.45) is 0 Å². The molecule has 0 saturated heterocycles. The van der Waals surface area contributed by atoms with Gasteiger partial charge in [0.25, 0.3) is 0 Å². The average molecular weight is 286 g/mol. The molecule has 1 N–H and O–H groups in total. The van der Waals surface area contributed by atoms with Crippen molar-refractivity contribution < 1.29 is 5.11 Å². The molecule has 0 aliphatic heterocycles.